The normalized spacial score (nSPS) is 20.7. The van der Waals surface area contributed by atoms with Gasteiger partial charge < -0.3 is 10.1 Å². The Morgan fingerprint density at radius 1 is 1.04 bits per heavy atom. The third kappa shape index (κ3) is 3.85. The molecule has 2 aliphatic heterocycles. The van der Waals surface area contributed by atoms with Crippen LogP contribution in [0.3, 0.4) is 0 Å². The molecule has 1 fully saturated rings. The summed E-state index contributed by atoms with van der Waals surface area (Å²) >= 11 is 0. The molecule has 1 saturated heterocycles. The Labute approximate surface area is 148 Å². The number of carbonyl (C=O) groups is 1. The number of nitrogens with one attached hydrogen (secondary N) is 1. The van der Waals surface area contributed by atoms with Gasteiger partial charge in [-0.1, -0.05) is 48.5 Å². The van der Waals surface area contributed by atoms with Crippen molar-refractivity contribution < 1.29 is 9.53 Å². The lowest BCUT2D eigenvalue weighted by molar-refractivity contribution is -0.128. The van der Waals surface area contributed by atoms with E-state index < -0.39 is 0 Å². The maximum absolute atomic E-state index is 12.5. The highest BCUT2D eigenvalue weighted by atomic mass is 16.5. The van der Waals surface area contributed by atoms with Gasteiger partial charge in [-0.15, -0.1) is 0 Å². The minimum atomic E-state index is -0.375. The Bertz CT molecular complexity index is 699. The van der Waals surface area contributed by atoms with E-state index in [9.17, 15) is 4.79 Å². The molecule has 0 radical (unpaired) electrons. The van der Waals surface area contributed by atoms with Gasteiger partial charge in [-0.2, -0.15) is 0 Å². The van der Waals surface area contributed by atoms with Crippen LogP contribution < -0.4 is 10.1 Å². The number of ether oxygens (including phenoxy) is 1. The number of amides is 1. The van der Waals surface area contributed by atoms with Crippen molar-refractivity contribution >= 4 is 5.91 Å². The third-order valence-electron chi connectivity index (χ3n) is 5.12. The van der Waals surface area contributed by atoms with E-state index in [2.05, 4.69) is 40.5 Å². The van der Waals surface area contributed by atoms with E-state index in [-0.39, 0.29) is 18.1 Å². The Morgan fingerprint density at radius 3 is 2.52 bits per heavy atom. The van der Waals surface area contributed by atoms with Crippen LogP contribution in [-0.2, 0) is 17.8 Å². The molecule has 4 rings (SSSR count). The first kappa shape index (κ1) is 16.2. The summed E-state index contributed by atoms with van der Waals surface area (Å²) in [6.07, 6.45) is 2.30. The van der Waals surface area contributed by atoms with Gasteiger partial charge in [0, 0.05) is 32.1 Å². The molecule has 2 heterocycles. The number of rotatable bonds is 4. The Balaban J connectivity index is 1.24. The number of hydrogen-bond acceptors (Lipinski definition) is 3. The second-order valence-electron chi connectivity index (χ2n) is 6.96. The summed E-state index contributed by atoms with van der Waals surface area (Å²) in [5, 5.41) is 3.19. The maximum atomic E-state index is 12.5. The first-order chi connectivity index (χ1) is 12.3. The quantitative estimate of drug-likeness (QED) is 0.933. The molecule has 130 valence electrons. The van der Waals surface area contributed by atoms with E-state index in [4.69, 9.17) is 4.74 Å². The fourth-order valence-electron chi connectivity index (χ4n) is 3.70. The van der Waals surface area contributed by atoms with Crippen LogP contribution in [0.1, 0.15) is 24.0 Å². The fourth-order valence-corrected chi connectivity index (χ4v) is 3.70. The van der Waals surface area contributed by atoms with Gasteiger partial charge in [0.1, 0.15) is 5.75 Å². The number of carbonyl (C=O) groups excluding carboxylic acids is 1. The van der Waals surface area contributed by atoms with Crippen LogP contribution in [-0.4, -0.2) is 36.0 Å². The van der Waals surface area contributed by atoms with Crippen LogP contribution in [0.2, 0.25) is 0 Å². The first-order valence-electron chi connectivity index (χ1n) is 9.09. The lowest BCUT2D eigenvalue weighted by Gasteiger charge is -2.32. The highest BCUT2D eigenvalue weighted by Crippen LogP contribution is 2.28. The van der Waals surface area contributed by atoms with Crippen molar-refractivity contribution in [1.29, 1.82) is 0 Å². The van der Waals surface area contributed by atoms with Gasteiger partial charge >= 0.3 is 0 Å². The molecule has 2 aliphatic rings. The second-order valence-corrected chi connectivity index (χ2v) is 6.96. The molecule has 2 aromatic rings. The van der Waals surface area contributed by atoms with Gasteiger partial charge in [-0.3, -0.25) is 9.69 Å². The van der Waals surface area contributed by atoms with E-state index in [0.29, 0.717) is 6.42 Å². The molecule has 0 bridgehead atoms. The van der Waals surface area contributed by atoms with E-state index in [1.165, 1.54) is 5.56 Å². The Morgan fingerprint density at radius 2 is 1.76 bits per heavy atom. The van der Waals surface area contributed by atoms with E-state index in [1.807, 2.05) is 24.3 Å². The summed E-state index contributed by atoms with van der Waals surface area (Å²) in [6.45, 7) is 3.03. The summed E-state index contributed by atoms with van der Waals surface area (Å²) in [4.78, 5) is 15.0. The predicted octanol–water partition coefficient (Wildman–Crippen LogP) is 2.77. The van der Waals surface area contributed by atoms with Gasteiger partial charge in [-0.05, 0) is 30.0 Å². The lowest BCUT2D eigenvalue weighted by atomic mass is 10.0. The molecule has 0 aliphatic carbocycles. The minimum Gasteiger partial charge on any atom is -0.480 e. The number of piperidine rings is 1. The van der Waals surface area contributed by atoms with Gasteiger partial charge in [0.05, 0.1) is 0 Å². The molecule has 0 unspecified atom stereocenters. The first-order valence-corrected chi connectivity index (χ1v) is 9.09. The minimum absolute atomic E-state index is 0.0257. The van der Waals surface area contributed by atoms with Crippen molar-refractivity contribution in [3.05, 3.63) is 65.7 Å². The zero-order valence-electron chi connectivity index (χ0n) is 14.4. The summed E-state index contributed by atoms with van der Waals surface area (Å²) in [7, 11) is 0. The summed E-state index contributed by atoms with van der Waals surface area (Å²) in [5.41, 5.74) is 2.47. The smallest absolute Gasteiger partial charge is 0.261 e. The molecule has 1 N–H and O–H groups in total. The van der Waals surface area contributed by atoms with Crippen LogP contribution in [0.5, 0.6) is 5.75 Å². The van der Waals surface area contributed by atoms with Crippen molar-refractivity contribution in [2.45, 2.75) is 38.0 Å². The molecular weight excluding hydrogens is 312 g/mol. The molecule has 25 heavy (non-hydrogen) atoms. The van der Waals surface area contributed by atoms with Crippen LogP contribution >= 0.6 is 0 Å². The molecule has 0 saturated carbocycles. The highest BCUT2D eigenvalue weighted by molar-refractivity contribution is 5.82. The van der Waals surface area contributed by atoms with Crippen molar-refractivity contribution in [1.82, 2.24) is 10.2 Å². The summed E-state index contributed by atoms with van der Waals surface area (Å²) in [5.74, 6) is 0.873. The molecule has 0 spiro atoms. The average Bonchev–Trinajstić information content (AvgIpc) is 3.09. The fraction of sp³-hybridized carbons (Fsp3) is 0.381. The number of fused-ring (bicyclic) bond motifs is 1. The number of nitrogens with zero attached hydrogens (tertiary/aromatic N) is 1. The maximum Gasteiger partial charge on any atom is 0.261 e. The molecule has 0 aromatic heterocycles. The SMILES string of the molecule is O=C(NC1CCN(Cc2ccccc2)CC1)[C@H]1Cc2ccccc2O1. The number of benzene rings is 2. The topological polar surface area (TPSA) is 41.6 Å². The summed E-state index contributed by atoms with van der Waals surface area (Å²) < 4.78 is 5.79. The van der Waals surface area contributed by atoms with E-state index >= 15 is 0 Å². The van der Waals surface area contributed by atoms with Crippen molar-refractivity contribution in [2.24, 2.45) is 0 Å². The molecular formula is C21H24N2O2. The predicted molar refractivity (Wildman–Crippen MR) is 97.4 cm³/mol. The number of likely N-dealkylation sites (tertiary alicyclic amines) is 1. The van der Waals surface area contributed by atoms with Gasteiger partial charge in [-0.25, -0.2) is 0 Å². The van der Waals surface area contributed by atoms with Crippen LogP contribution in [0.4, 0.5) is 0 Å². The Kier molecular flexibility index (Phi) is 4.70. The van der Waals surface area contributed by atoms with Crippen molar-refractivity contribution in [3.63, 3.8) is 0 Å². The van der Waals surface area contributed by atoms with Crippen molar-refractivity contribution in [2.75, 3.05) is 13.1 Å². The van der Waals surface area contributed by atoms with Crippen molar-refractivity contribution in [3.8, 4) is 5.75 Å². The highest BCUT2D eigenvalue weighted by Gasteiger charge is 2.30. The number of para-hydroxylation sites is 1. The zero-order chi connectivity index (χ0) is 17.1. The molecule has 1 amide bonds. The molecule has 2 aromatic carbocycles. The van der Waals surface area contributed by atoms with Gasteiger partial charge in [0.2, 0.25) is 0 Å². The van der Waals surface area contributed by atoms with Crippen LogP contribution in [0.25, 0.3) is 0 Å². The van der Waals surface area contributed by atoms with Crippen LogP contribution in [0.15, 0.2) is 54.6 Å². The van der Waals surface area contributed by atoms with Crippen LogP contribution in [0, 0.1) is 0 Å². The van der Waals surface area contributed by atoms with Gasteiger partial charge in [0.15, 0.2) is 6.10 Å². The number of hydrogen-bond donors (Lipinski definition) is 1. The molecule has 4 heteroatoms. The lowest BCUT2D eigenvalue weighted by Crippen LogP contribution is -2.48. The van der Waals surface area contributed by atoms with E-state index in [1.54, 1.807) is 0 Å². The third-order valence-corrected chi connectivity index (χ3v) is 5.12. The zero-order valence-corrected chi connectivity index (χ0v) is 14.4. The van der Waals surface area contributed by atoms with Gasteiger partial charge in [0.25, 0.3) is 5.91 Å². The molecule has 1 atom stereocenters. The Hall–Kier alpha value is -2.33. The molecule has 4 nitrogen and oxygen atoms in total. The van der Waals surface area contributed by atoms with E-state index in [0.717, 1.165) is 43.8 Å². The second kappa shape index (κ2) is 7.28. The largest absolute Gasteiger partial charge is 0.480 e. The average molecular weight is 336 g/mol. The monoisotopic (exact) mass is 336 g/mol. The standard InChI is InChI=1S/C21H24N2O2/c24-21(20-14-17-8-4-5-9-19(17)25-20)22-18-10-12-23(13-11-18)15-16-6-2-1-3-7-16/h1-9,18,20H,10-15H2,(H,22,24)/t20-/m1/s1. The summed E-state index contributed by atoms with van der Waals surface area (Å²) in [6, 6.07) is 18.7.